The summed E-state index contributed by atoms with van der Waals surface area (Å²) in [5.74, 6) is 5.09. The van der Waals surface area contributed by atoms with Crippen molar-refractivity contribution in [2.75, 3.05) is 11.3 Å². The smallest absolute Gasteiger partial charge is 0.264 e. The Morgan fingerprint density at radius 2 is 2.05 bits per heavy atom. The quantitative estimate of drug-likeness (QED) is 0.846. The number of nitrogens with zero attached hydrogens (tertiary/aromatic N) is 1. The maximum atomic E-state index is 12.4. The van der Waals surface area contributed by atoms with Crippen molar-refractivity contribution in [1.82, 2.24) is 4.98 Å². The van der Waals surface area contributed by atoms with Crippen LogP contribution in [0.3, 0.4) is 0 Å². The number of aromatic nitrogens is 1. The van der Waals surface area contributed by atoms with Gasteiger partial charge in [-0.15, -0.1) is 11.3 Å². The van der Waals surface area contributed by atoms with E-state index in [1.165, 1.54) is 17.4 Å². The second kappa shape index (κ2) is 6.26. The summed E-state index contributed by atoms with van der Waals surface area (Å²) in [6, 6.07) is 6.38. The number of aryl methyl sites for hydroxylation is 2. The second-order valence-corrected chi connectivity index (χ2v) is 7.08. The predicted molar refractivity (Wildman–Crippen MR) is 82.8 cm³/mol. The topological polar surface area (TPSA) is 79.3 Å². The Morgan fingerprint density at radius 3 is 2.67 bits per heavy atom. The molecule has 0 aliphatic carbocycles. The highest BCUT2D eigenvalue weighted by Crippen LogP contribution is 2.25. The van der Waals surface area contributed by atoms with E-state index in [0.717, 1.165) is 10.6 Å². The molecule has 0 saturated carbocycles. The summed E-state index contributed by atoms with van der Waals surface area (Å²) in [6.45, 7) is 3.38. The third-order valence-corrected chi connectivity index (χ3v) is 5.24. The summed E-state index contributed by atoms with van der Waals surface area (Å²) in [4.78, 5) is 5.19. The third kappa shape index (κ3) is 3.61. The number of thiazole rings is 1. The van der Waals surface area contributed by atoms with Crippen molar-refractivity contribution in [3.05, 3.63) is 40.4 Å². The molecule has 0 amide bonds. The number of nitrogens with one attached hydrogen (secondary N) is 1. The molecule has 0 radical (unpaired) electrons. The molecule has 2 rings (SSSR count). The molecule has 1 heterocycles. The van der Waals surface area contributed by atoms with Crippen LogP contribution in [-0.2, 0) is 10.0 Å². The molecule has 0 atom stereocenters. The molecule has 7 heteroatoms. The van der Waals surface area contributed by atoms with Gasteiger partial charge in [0.25, 0.3) is 10.0 Å². The molecule has 2 aromatic rings. The van der Waals surface area contributed by atoms with Crippen molar-refractivity contribution >= 4 is 26.5 Å². The number of sulfonamides is 1. The van der Waals surface area contributed by atoms with Gasteiger partial charge >= 0.3 is 0 Å². The Kier molecular flexibility index (Phi) is 4.63. The highest BCUT2D eigenvalue weighted by atomic mass is 32.2. The van der Waals surface area contributed by atoms with Crippen LogP contribution in [0, 0.1) is 25.7 Å². The normalized spacial score (nSPS) is 10.8. The SMILES string of the molecule is Cc1nc(NS(=O)(=O)c2ccccc2C#CCO)sc1C. The molecular formula is C14H14N2O3S2. The van der Waals surface area contributed by atoms with E-state index < -0.39 is 10.0 Å². The van der Waals surface area contributed by atoms with Gasteiger partial charge in [-0.3, -0.25) is 4.72 Å². The van der Waals surface area contributed by atoms with Crippen LogP contribution >= 0.6 is 11.3 Å². The molecule has 0 unspecified atom stereocenters. The molecule has 5 nitrogen and oxygen atoms in total. The predicted octanol–water partition coefficient (Wildman–Crippen LogP) is 1.90. The summed E-state index contributed by atoms with van der Waals surface area (Å²) >= 11 is 1.28. The Labute approximate surface area is 127 Å². The van der Waals surface area contributed by atoms with Crippen LogP contribution in [-0.4, -0.2) is 25.1 Å². The second-order valence-electron chi connectivity index (χ2n) is 4.22. The lowest BCUT2D eigenvalue weighted by Gasteiger charge is -2.07. The van der Waals surface area contributed by atoms with Gasteiger partial charge in [0.2, 0.25) is 0 Å². The minimum absolute atomic E-state index is 0.0662. The van der Waals surface area contributed by atoms with Crippen molar-refractivity contribution in [3.8, 4) is 11.8 Å². The molecular weight excluding hydrogens is 308 g/mol. The van der Waals surface area contributed by atoms with Gasteiger partial charge in [0.15, 0.2) is 5.13 Å². The van der Waals surface area contributed by atoms with Crippen LogP contribution in [0.5, 0.6) is 0 Å². The van der Waals surface area contributed by atoms with Gasteiger partial charge < -0.3 is 5.11 Å². The number of aliphatic hydroxyl groups excluding tert-OH is 1. The van der Waals surface area contributed by atoms with Gasteiger partial charge in [-0.25, -0.2) is 13.4 Å². The van der Waals surface area contributed by atoms with Crippen molar-refractivity contribution in [1.29, 1.82) is 0 Å². The average molecular weight is 322 g/mol. The number of rotatable bonds is 3. The number of benzene rings is 1. The number of aliphatic hydroxyl groups is 1. The molecule has 1 aromatic heterocycles. The highest BCUT2D eigenvalue weighted by Gasteiger charge is 2.19. The van der Waals surface area contributed by atoms with Crippen LogP contribution in [0.25, 0.3) is 0 Å². The molecule has 2 N–H and O–H groups in total. The van der Waals surface area contributed by atoms with E-state index in [1.54, 1.807) is 18.2 Å². The van der Waals surface area contributed by atoms with E-state index in [1.807, 2.05) is 13.8 Å². The first-order valence-electron chi connectivity index (χ1n) is 6.09. The number of hydrogen-bond acceptors (Lipinski definition) is 5. The zero-order valence-corrected chi connectivity index (χ0v) is 13.2. The van der Waals surface area contributed by atoms with Crippen LogP contribution in [0.4, 0.5) is 5.13 Å². The molecule has 1 aromatic carbocycles. The van der Waals surface area contributed by atoms with E-state index in [4.69, 9.17) is 5.11 Å². The van der Waals surface area contributed by atoms with Gasteiger partial charge in [-0.1, -0.05) is 24.0 Å². The van der Waals surface area contributed by atoms with Crippen LogP contribution in [0.1, 0.15) is 16.1 Å². The standard InChI is InChI=1S/C14H14N2O3S2/c1-10-11(2)20-14(15-10)16-21(18,19)13-8-4-3-6-12(13)7-5-9-17/h3-4,6,8,17H,9H2,1-2H3,(H,15,16). The fourth-order valence-corrected chi connectivity index (χ4v) is 3.84. The third-order valence-electron chi connectivity index (χ3n) is 2.73. The summed E-state index contributed by atoms with van der Waals surface area (Å²) in [5, 5.41) is 9.07. The fraction of sp³-hybridized carbons (Fsp3) is 0.214. The van der Waals surface area contributed by atoms with Crippen molar-refractivity contribution < 1.29 is 13.5 Å². The minimum atomic E-state index is -3.76. The van der Waals surface area contributed by atoms with E-state index in [0.29, 0.717) is 10.7 Å². The summed E-state index contributed by atoms with van der Waals surface area (Å²) in [5.41, 5.74) is 1.13. The van der Waals surface area contributed by atoms with E-state index in [2.05, 4.69) is 21.5 Å². The monoisotopic (exact) mass is 322 g/mol. The lowest BCUT2D eigenvalue weighted by molar-refractivity contribution is 0.350. The number of hydrogen-bond donors (Lipinski definition) is 2. The van der Waals surface area contributed by atoms with Crippen molar-refractivity contribution in [2.24, 2.45) is 0 Å². The van der Waals surface area contributed by atoms with Gasteiger partial charge in [0.1, 0.15) is 11.5 Å². The Morgan fingerprint density at radius 1 is 1.33 bits per heavy atom. The van der Waals surface area contributed by atoms with Gasteiger partial charge in [-0.2, -0.15) is 0 Å². The highest BCUT2D eigenvalue weighted by molar-refractivity contribution is 7.93. The first-order valence-corrected chi connectivity index (χ1v) is 8.39. The van der Waals surface area contributed by atoms with Gasteiger partial charge in [0.05, 0.1) is 5.69 Å². The molecule has 0 spiro atoms. The van der Waals surface area contributed by atoms with Crippen molar-refractivity contribution in [2.45, 2.75) is 18.7 Å². The first-order chi connectivity index (χ1) is 9.94. The molecule has 21 heavy (non-hydrogen) atoms. The minimum Gasteiger partial charge on any atom is -0.384 e. The van der Waals surface area contributed by atoms with Crippen LogP contribution in [0.15, 0.2) is 29.2 Å². The molecule has 0 fully saturated rings. The lowest BCUT2D eigenvalue weighted by atomic mass is 10.2. The lowest BCUT2D eigenvalue weighted by Crippen LogP contribution is -2.14. The molecule has 0 saturated heterocycles. The molecule has 110 valence electrons. The largest absolute Gasteiger partial charge is 0.384 e. The Hall–Kier alpha value is -1.88. The fourth-order valence-electron chi connectivity index (χ4n) is 1.63. The maximum Gasteiger partial charge on any atom is 0.264 e. The Bertz CT molecular complexity index is 795. The molecule has 0 aliphatic heterocycles. The van der Waals surface area contributed by atoms with Crippen LogP contribution in [0.2, 0.25) is 0 Å². The summed E-state index contributed by atoms with van der Waals surface area (Å²) in [7, 11) is -3.76. The Balaban J connectivity index is 2.40. The number of anilines is 1. The zero-order valence-electron chi connectivity index (χ0n) is 11.5. The van der Waals surface area contributed by atoms with Gasteiger partial charge in [-0.05, 0) is 26.0 Å². The molecule has 0 bridgehead atoms. The van der Waals surface area contributed by atoms with E-state index in [9.17, 15) is 8.42 Å². The maximum absolute atomic E-state index is 12.4. The van der Waals surface area contributed by atoms with Crippen LogP contribution < -0.4 is 4.72 Å². The van der Waals surface area contributed by atoms with Crippen molar-refractivity contribution in [3.63, 3.8) is 0 Å². The van der Waals surface area contributed by atoms with Gasteiger partial charge in [0, 0.05) is 10.4 Å². The van der Waals surface area contributed by atoms with E-state index >= 15 is 0 Å². The molecule has 0 aliphatic rings. The summed E-state index contributed by atoms with van der Waals surface area (Å²) < 4.78 is 27.3. The zero-order chi connectivity index (χ0) is 15.5. The first kappa shape index (κ1) is 15.5. The summed E-state index contributed by atoms with van der Waals surface area (Å²) in [6.07, 6.45) is 0. The average Bonchev–Trinajstić information content (AvgIpc) is 2.74. The van der Waals surface area contributed by atoms with E-state index in [-0.39, 0.29) is 11.5 Å².